The van der Waals surface area contributed by atoms with Crippen LogP contribution in [0.25, 0.3) is 11.3 Å². The lowest BCUT2D eigenvalue weighted by Crippen LogP contribution is -2.48. The van der Waals surface area contributed by atoms with Crippen LogP contribution in [-0.4, -0.2) is 53.5 Å². The van der Waals surface area contributed by atoms with E-state index < -0.39 is 17.6 Å². The molecule has 1 aliphatic heterocycles. The molecule has 1 aliphatic rings. The second kappa shape index (κ2) is 8.36. The van der Waals surface area contributed by atoms with Gasteiger partial charge in [-0.3, -0.25) is 9.69 Å². The van der Waals surface area contributed by atoms with Gasteiger partial charge in [-0.2, -0.15) is 13.2 Å². The maximum absolute atomic E-state index is 12.8. The molecule has 9 heteroatoms. The average Bonchev–Trinajstić information content (AvgIpc) is 2.67. The van der Waals surface area contributed by atoms with Crippen LogP contribution >= 0.6 is 0 Å². The summed E-state index contributed by atoms with van der Waals surface area (Å²) in [6, 6.07) is 6.06. The summed E-state index contributed by atoms with van der Waals surface area (Å²) in [7, 11) is 0. The Bertz CT molecular complexity index is 859. The molecule has 29 heavy (non-hydrogen) atoms. The number of anilines is 1. The minimum absolute atomic E-state index is 0.0366. The van der Waals surface area contributed by atoms with E-state index in [-0.39, 0.29) is 5.69 Å². The van der Waals surface area contributed by atoms with E-state index in [0.717, 1.165) is 31.8 Å². The van der Waals surface area contributed by atoms with Gasteiger partial charge in [-0.15, -0.1) is 0 Å². The van der Waals surface area contributed by atoms with E-state index in [1.807, 2.05) is 4.90 Å². The minimum Gasteiger partial charge on any atom is -0.364 e. The van der Waals surface area contributed by atoms with Gasteiger partial charge in [0, 0.05) is 38.3 Å². The van der Waals surface area contributed by atoms with Crippen molar-refractivity contribution in [2.45, 2.75) is 20.0 Å². The third-order valence-electron chi connectivity index (χ3n) is 4.75. The fourth-order valence-corrected chi connectivity index (χ4v) is 3.33. The van der Waals surface area contributed by atoms with E-state index in [4.69, 9.17) is 5.73 Å². The van der Waals surface area contributed by atoms with Crippen molar-refractivity contribution in [2.24, 2.45) is 11.7 Å². The summed E-state index contributed by atoms with van der Waals surface area (Å²) in [4.78, 5) is 24.8. The van der Waals surface area contributed by atoms with Gasteiger partial charge in [0.1, 0.15) is 5.69 Å². The van der Waals surface area contributed by atoms with Crippen LogP contribution in [0, 0.1) is 5.92 Å². The molecule has 2 N–H and O–H groups in total. The van der Waals surface area contributed by atoms with Crippen LogP contribution in [0.15, 0.2) is 30.3 Å². The third-order valence-corrected chi connectivity index (χ3v) is 4.75. The van der Waals surface area contributed by atoms with Gasteiger partial charge < -0.3 is 10.6 Å². The maximum atomic E-state index is 12.8. The first-order chi connectivity index (χ1) is 13.6. The van der Waals surface area contributed by atoms with Crippen LogP contribution in [0.4, 0.5) is 19.1 Å². The largest absolute Gasteiger partial charge is 0.416 e. The summed E-state index contributed by atoms with van der Waals surface area (Å²) in [5.41, 5.74) is 5.53. The normalized spacial score (nSPS) is 15.7. The molecule has 156 valence electrons. The van der Waals surface area contributed by atoms with E-state index in [9.17, 15) is 18.0 Å². The fourth-order valence-electron chi connectivity index (χ4n) is 3.33. The highest BCUT2D eigenvalue weighted by atomic mass is 19.4. The molecule has 1 saturated heterocycles. The summed E-state index contributed by atoms with van der Waals surface area (Å²) >= 11 is 0. The molecule has 0 spiro atoms. The topological polar surface area (TPSA) is 75.3 Å². The van der Waals surface area contributed by atoms with Crippen LogP contribution in [0.2, 0.25) is 0 Å². The summed E-state index contributed by atoms with van der Waals surface area (Å²) < 4.78 is 38.4. The first-order valence-electron chi connectivity index (χ1n) is 9.47. The van der Waals surface area contributed by atoms with Crippen molar-refractivity contribution in [1.29, 1.82) is 0 Å². The molecule has 0 unspecified atom stereocenters. The van der Waals surface area contributed by atoms with Crippen molar-refractivity contribution in [3.8, 4) is 11.3 Å². The molecule has 0 radical (unpaired) electrons. The molecular weight excluding hydrogens is 383 g/mol. The monoisotopic (exact) mass is 407 g/mol. The lowest BCUT2D eigenvalue weighted by molar-refractivity contribution is -0.137. The second-order valence-electron chi connectivity index (χ2n) is 7.56. The number of hydrogen-bond donors (Lipinski definition) is 1. The van der Waals surface area contributed by atoms with Gasteiger partial charge in [-0.05, 0) is 24.1 Å². The Morgan fingerprint density at radius 3 is 2.24 bits per heavy atom. The smallest absolute Gasteiger partial charge is 0.364 e. The summed E-state index contributed by atoms with van der Waals surface area (Å²) in [6.07, 6.45) is -4.41. The highest BCUT2D eigenvalue weighted by Gasteiger charge is 2.30. The van der Waals surface area contributed by atoms with Crippen LogP contribution < -0.4 is 10.6 Å². The summed E-state index contributed by atoms with van der Waals surface area (Å²) in [6.45, 7) is 8.43. The SMILES string of the molecule is CC(C)CN1CCN(c2nc(C(N)=O)cc(-c3ccc(C(F)(F)F)cc3)n2)CC1. The summed E-state index contributed by atoms with van der Waals surface area (Å²) in [5, 5.41) is 0. The number of piperazine rings is 1. The molecule has 2 aromatic rings. The van der Waals surface area contributed by atoms with Gasteiger partial charge in [-0.1, -0.05) is 26.0 Å². The Kier molecular flexibility index (Phi) is 6.07. The Labute approximate surface area is 167 Å². The average molecular weight is 407 g/mol. The van der Waals surface area contributed by atoms with E-state index in [2.05, 4.69) is 28.7 Å². The molecule has 3 rings (SSSR count). The molecule has 0 aliphatic carbocycles. The Morgan fingerprint density at radius 1 is 1.10 bits per heavy atom. The van der Waals surface area contributed by atoms with Crippen molar-refractivity contribution in [3.63, 3.8) is 0 Å². The number of halogens is 3. The van der Waals surface area contributed by atoms with E-state index in [1.165, 1.54) is 18.2 Å². The molecule has 0 bridgehead atoms. The van der Waals surface area contributed by atoms with Crippen molar-refractivity contribution in [3.05, 3.63) is 41.6 Å². The number of carbonyl (C=O) groups excluding carboxylic acids is 1. The highest BCUT2D eigenvalue weighted by Crippen LogP contribution is 2.31. The van der Waals surface area contributed by atoms with Gasteiger partial charge in [-0.25, -0.2) is 9.97 Å². The van der Waals surface area contributed by atoms with Crippen molar-refractivity contribution in [2.75, 3.05) is 37.6 Å². The van der Waals surface area contributed by atoms with E-state index in [1.54, 1.807) is 0 Å². The zero-order valence-corrected chi connectivity index (χ0v) is 16.4. The number of carbonyl (C=O) groups is 1. The molecular formula is C20H24F3N5O. The van der Waals surface area contributed by atoms with Crippen molar-refractivity contribution < 1.29 is 18.0 Å². The molecule has 0 saturated carbocycles. The Balaban J connectivity index is 1.86. The zero-order valence-electron chi connectivity index (χ0n) is 16.4. The van der Waals surface area contributed by atoms with Gasteiger partial charge in [0.15, 0.2) is 0 Å². The quantitative estimate of drug-likeness (QED) is 0.825. The van der Waals surface area contributed by atoms with E-state index in [0.29, 0.717) is 36.2 Å². The minimum atomic E-state index is -4.41. The van der Waals surface area contributed by atoms with Gasteiger partial charge in [0.2, 0.25) is 5.95 Å². The number of alkyl halides is 3. The molecule has 1 aromatic heterocycles. The summed E-state index contributed by atoms with van der Waals surface area (Å²) in [5.74, 6) is 0.225. The number of primary amides is 1. The predicted molar refractivity (Wildman–Crippen MR) is 104 cm³/mol. The maximum Gasteiger partial charge on any atom is 0.416 e. The lowest BCUT2D eigenvalue weighted by atomic mass is 10.1. The molecule has 2 heterocycles. The lowest BCUT2D eigenvalue weighted by Gasteiger charge is -2.35. The third kappa shape index (κ3) is 5.23. The number of amides is 1. The molecule has 1 fully saturated rings. The van der Waals surface area contributed by atoms with Crippen LogP contribution in [0.3, 0.4) is 0 Å². The first-order valence-corrected chi connectivity index (χ1v) is 9.47. The number of hydrogen-bond acceptors (Lipinski definition) is 5. The fraction of sp³-hybridized carbons (Fsp3) is 0.450. The number of aromatic nitrogens is 2. The number of rotatable bonds is 5. The molecule has 1 aromatic carbocycles. The zero-order chi connectivity index (χ0) is 21.2. The second-order valence-corrected chi connectivity index (χ2v) is 7.56. The van der Waals surface area contributed by atoms with Crippen molar-refractivity contribution >= 4 is 11.9 Å². The van der Waals surface area contributed by atoms with Crippen LogP contribution in [0.1, 0.15) is 29.9 Å². The number of nitrogens with zero attached hydrogens (tertiary/aromatic N) is 4. The van der Waals surface area contributed by atoms with Gasteiger partial charge >= 0.3 is 6.18 Å². The molecule has 1 amide bonds. The number of nitrogens with two attached hydrogens (primary N) is 1. The van der Waals surface area contributed by atoms with Gasteiger partial charge in [0.25, 0.3) is 5.91 Å². The highest BCUT2D eigenvalue weighted by molar-refractivity contribution is 5.92. The van der Waals surface area contributed by atoms with Crippen LogP contribution in [0.5, 0.6) is 0 Å². The molecule has 6 nitrogen and oxygen atoms in total. The Morgan fingerprint density at radius 2 is 1.72 bits per heavy atom. The van der Waals surface area contributed by atoms with Gasteiger partial charge in [0.05, 0.1) is 11.3 Å². The standard InChI is InChI=1S/C20H24F3N5O/c1-13(2)12-27-7-9-28(10-8-27)19-25-16(11-17(26-19)18(24)29)14-3-5-15(6-4-14)20(21,22)23/h3-6,11,13H,7-10,12H2,1-2H3,(H2,24,29). The molecule has 0 atom stereocenters. The number of benzene rings is 1. The predicted octanol–water partition coefficient (Wildman–Crippen LogP) is 3.04. The van der Waals surface area contributed by atoms with E-state index >= 15 is 0 Å². The van der Waals surface area contributed by atoms with Crippen molar-refractivity contribution in [1.82, 2.24) is 14.9 Å². The Hall–Kier alpha value is -2.68. The first kappa shape index (κ1) is 21.0. The van der Waals surface area contributed by atoms with Crippen LogP contribution in [-0.2, 0) is 6.18 Å².